The Morgan fingerprint density at radius 2 is 2.24 bits per heavy atom. The molecule has 0 saturated carbocycles. The Bertz CT molecular complexity index is 393. The number of hydrogen-bond acceptors (Lipinski definition) is 5. The highest BCUT2D eigenvalue weighted by molar-refractivity contribution is 5.00. The number of aromatic nitrogens is 2. The van der Waals surface area contributed by atoms with Crippen molar-refractivity contribution in [3.8, 4) is 6.07 Å². The van der Waals surface area contributed by atoms with Gasteiger partial charge in [0.05, 0.1) is 6.07 Å². The summed E-state index contributed by atoms with van der Waals surface area (Å²) in [5.41, 5.74) is -0.536. The van der Waals surface area contributed by atoms with E-state index in [-0.39, 0.29) is 5.92 Å². The molecule has 1 unspecified atom stereocenters. The van der Waals surface area contributed by atoms with Crippen molar-refractivity contribution in [3.05, 3.63) is 11.7 Å². The Morgan fingerprint density at radius 1 is 1.53 bits per heavy atom. The van der Waals surface area contributed by atoms with Crippen molar-refractivity contribution in [2.45, 2.75) is 52.1 Å². The second-order valence-electron chi connectivity index (χ2n) is 4.50. The zero-order valence-corrected chi connectivity index (χ0v) is 10.9. The van der Waals surface area contributed by atoms with Gasteiger partial charge in [-0.25, -0.2) is 0 Å². The molecule has 1 aromatic rings. The molecule has 0 N–H and O–H groups in total. The van der Waals surface area contributed by atoms with E-state index in [0.717, 1.165) is 6.42 Å². The van der Waals surface area contributed by atoms with Gasteiger partial charge in [0, 0.05) is 18.9 Å². The first-order valence-corrected chi connectivity index (χ1v) is 5.86. The molecule has 0 aliphatic carbocycles. The summed E-state index contributed by atoms with van der Waals surface area (Å²) in [7, 11) is 0. The maximum atomic E-state index is 8.53. The van der Waals surface area contributed by atoms with Crippen molar-refractivity contribution in [1.29, 1.82) is 5.26 Å². The molecule has 1 aromatic heterocycles. The first kappa shape index (κ1) is 13.7. The Hall–Kier alpha value is -1.41. The number of ether oxygens (including phenoxy) is 1. The third kappa shape index (κ3) is 3.53. The van der Waals surface area contributed by atoms with E-state index in [1.807, 2.05) is 27.7 Å². The van der Waals surface area contributed by atoms with Gasteiger partial charge in [0.15, 0.2) is 0 Å². The van der Waals surface area contributed by atoms with Crippen LogP contribution in [0.15, 0.2) is 4.52 Å². The molecule has 0 amide bonds. The fourth-order valence-corrected chi connectivity index (χ4v) is 1.51. The zero-order chi connectivity index (χ0) is 12.9. The van der Waals surface area contributed by atoms with Gasteiger partial charge in [-0.3, -0.25) is 0 Å². The summed E-state index contributed by atoms with van der Waals surface area (Å²) in [4.78, 5) is 4.34. The van der Waals surface area contributed by atoms with Gasteiger partial charge in [-0.15, -0.1) is 0 Å². The fourth-order valence-electron chi connectivity index (χ4n) is 1.51. The molecule has 1 heterocycles. The Balaban J connectivity index is 2.74. The average Bonchev–Trinajstić information content (AvgIpc) is 2.75. The van der Waals surface area contributed by atoms with Gasteiger partial charge < -0.3 is 9.26 Å². The lowest BCUT2D eigenvalue weighted by Crippen LogP contribution is -2.23. The number of nitriles is 1. The summed E-state index contributed by atoms with van der Waals surface area (Å²) in [5, 5.41) is 12.5. The molecule has 94 valence electrons. The third-order valence-electron chi connectivity index (χ3n) is 2.60. The highest BCUT2D eigenvalue weighted by atomic mass is 16.5. The van der Waals surface area contributed by atoms with E-state index >= 15 is 0 Å². The normalized spacial score (nSPS) is 13.4. The number of hydrogen-bond donors (Lipinski definition) is 0. The molecule has 0 aliphatic rings. The van der Waals surface area contributed by atoms with Crippen molar-refractivity contribution in [2.24, 2.45) is 0 Å². The van der Waals surface area contributed by atoms with Crippen molar-refractivity contribution in [3.63, 3.8) is 0 Å². The number of nitrogens with zero attached hydrogens (tertiary/aromatic N) is 3. The molecule has 0 spiro atoms. The van der Waals surface area contributed by atoms with E-state index in [1.165, 1.54) is 0 Å². The van der Waals surface area contributed by atoms with Crippen LogP contribution in [0.5, 0.6) is 0 Å². The van der Waals surface area contributed by atoms with Crippen LogP contribution >= 0.6 is 0 Å². The van der Waals surface area contributed by atoms with Crippen molar-refractivity contribution in [1.82, 2.24) is 10.1 Å². The predicted octanol–water partition coefficient (Wildman–Crippen LogP) is 2.75. The van der Waals surface area contributed by atoms with Crippen molar-refractivity contribution >= 4 is 0 Å². The summed E-state index contributed by atoms with van der Waals surface area (Å²) in [6.45, 7) is 8.32. The van der Waals surface area contributed by atoms with Crippen LogP contribution in [0.3, 0.4) is 0 Å². The van der Waals surface area contributed by atoms with E-state index < -0.39 is 5.60 Å². The van der Waals surface area contributed by atoms with Crippen molar-refractivity contribution in [2.75, 3.05) is 6.61 Å². The second kappa shape index (κ2) is 5.78. The summed E-state index contributed by atoms with van der Waals surface area (Å²) in [5.74, 6) is 1.23. The lowest BCUT2D eigenvalue weighted by Gasteiger charge is -2.19. The first-order valence-electron chi connectivity index (χ1n) is 5.86. The van der Waals surface area contributed by atoms with E-state index in [0.29, 0.717) is 24.7 Å². The Morgan fingerprint density at radius 3 is 2.82 bits per heavy atom. The Kier molecular flexibility index (Phi) is 4.64. The topological polar surface area (TPSA) is 71.9 Å². The van der Waals surface area contributed by atoms with Gasteiger partial charge >= 0.3 is 0 Å². The molecule has 1 atom stereocenters. The van der Waals surface area contributed by atoms with Crippen LogP contribution in [0.2, 0.25) is 0 Å². The van der Waals surface area contributed by atoms with E-state index in [4.69, 9.17) is 14.5 Å². The average molecular weight is 237 g/mol. The smallest absolute Gasteiger partial charge is 0.229 e. The van der Waals surface area contributed by atoms with E-state index in [9.17, 15) is 0 Å². The standard InChI is InChI=1S/C12H19N3O2/c1-5-16-12(3,4)11-14-10(17-15-11)9(2)7-6-8-13/h9H,5-7H2,1-4H3. The highest BCUT2D eigenvalue weighted by Crippen LogP contribution is 2.25. The largest absolute Gasteiger partial charge is 0.368 e. The summed E-state index contributed by atoms with van der Waals surface area (Å²) < 4.78 is 10.8. The molecule has 0 fully saturated rings. The fraction of sp³-hybridized carbons (Fsp3) is 0.750. The monoisotopic (exact) mass is 237 g/mol. The Labute approximate surface area is 102 Å². The van der Waals surface area contributed by atoms with Gasteiger partial charge in [0.25, 0.3) is 0 Å². The molecule has 5 heteroatoms. The van der Waals surface area contributed by atoms with Crippen LogP contribution in [0.4, 0.5) is 0 Å². The molecular formula is C12H19N3O2. The van der Waals surface area contributed by atoms with Crippen LogP contribution in [-0.2, 0) is 10.3 Å². The van der Waals surface area contributed by atoms with Crippen LogP contribution in [-0.4, -0.2) is 16.7 Å². The molecule has 0 aromatic carbocycles. The molecular weight excluding hydrogens is 218 g/mol. The second-order valence-corrected chi connectivity index (χ2v) is 4.50. The number of rotatable bonds is 6. The maximum absolute atomic E-state index is 8.53. The van der Waals surface area contributed by atoms with Gasteiger partial charge in [0.1, 0.15) is 5.60 Å². The molecule has 0 saturated heterocycles. The lowest BCUT2D eigenvalue weighted by atomic mass is 10.1. The van der Waals surface area contributed by atoms with Gasteiger partial charge in [-0.2, -0.15) is 10.2 Å². The maximum Gasteiger partial charge on any atom is 0.229 e. The zero-order valence-electron chi connectivity index (χ0n) is 10.9. The SMILES string of the molecule is CCOC(C)(C)c1noc(C(C)CCC#N)n1. The van der Waals surface area contributed by atoms with Crippen LogP contribution in [0.25, 0.3) is 0 Å². The lowest BCUT2D eigenvalue weighted by molar-refractivity contribution is -0.0221. The summed E-state index contributed by atoms with van der Waals surface area (Å²) >= 11 is 0. The highest BCUT2D eigenvalue weighted by Gasteiger charge is 2.28. The van der Waals surface area contributed by atoms with E-state index in [2.05, 4.69) is 16.2 Å². The summed E-state index contributed by atoms with van der Waals surface area (Å²) in [6, 6.07) is 2.11. The molecule has 17 heavy (non-hydrogen) atoms. The van der Waals surface area contributed by atoms with Gasteiger partial charge in [-0.05, 0) is 27.2 Å². The summed E-state index contributed by atoms with van der Waals surface area (Å²) in [6.07, 6.45) is 1.22. The van der Waals surface area contributed by atoms with Crippen molar-refractivity contribution < 1.29 is 9.26 Å². The van der Waals surface area contributed by atoms with E-state index in [1.54, 1.807) is 0 Å². The molecule has 5 nitrogen and oxygen atoms in total. The van der Waals surface area contributed by atoms with Gasteiger partial charge in [-0.1, -0.05) is 12.1 Å². The molecule has 1 rings (SSSR count). The quantitative estimate of drug-likeness (QED) is 0.760. The minimum atomic E-state index is -0.536. The minimum Gasteiger partial charge on any atom is -0.368 e. The van der Waals surface area contributed by atoms with Crippen LogP contribution < -0.4 is 0 Å². The molecule has 0 radical (unpaired) electrons. The van der Waals surface area contributed by atoms with Crippen LogP contribution in [0, 0.1) is 11.3 Å². The van der Waals surface area contributed by atoms with Gasteiger partial charge in [0.2, 0.25) is 11.7 Å². The molecule has 0 bridgehead atoms. The third-order valence-corrected chi connectivity index (χ3v) is 2.60. The predicted molar refractivity (Wildman–Crippen MR) is 62.2 cm³/mol. The minimum absolute atomic E-state index is 0.105. The first-order chi connectivity index (χ1) is 8.01. The van der Waals surface area contributed by atoms with Crippen LogP contribution in [0.1, 0.15) is 58.2 Å². The molecule has 0 aliphatic heterocycles.